The van der Waals surface area contributed by atoms with E-state index in [9.17, 15) is 0 Å². The van der Waals surface area contributed by atoms with Crippen molar-refractivity contribution < 1.29 is 4.74 Å². The van der Waals surface area contributed by atoms with Crippen molar-refractivity contribution in [1.29, 1.82) is 0 Å². The van der Waals surface area contributed by atoms with Gasteiger partial charge in [-0.2, -0.15) is 5.10 Å². The van der Waals surface area contributed by atoms with Gasteiger partial charge < -0.3 is 10.5 Å². The van der Waals surface area contributed by atoms with Gasteiger partial charge in [0.1, 0.15) is 5.75 Å². The Morgan fingerprint density at radius 3 is 2.55 bits per heavy atom. The van der Waals surface area contributed by atoms with Crippen LogP contribution in [0.1, 0.15) is 22.5 Å². The fraction of sp³-hybridized carbons (Fsp3) is 0.438. The monoisotopic (exact) mass is 273 g/mol. The summed E-state index contributed by atoms with van der Waals surface area (Å²) in [6, 6.07) is 8.10. The maximum Gasteiger partial charge on any atom is 0.122 e. The predicted molar refractivity (Wildman–Crippen MR) is 81.1 cm³/mol. The summed E-state index contributed by atoms with van der Waals surface area (Å²) in [5, 5.41) is 4.44. The van der Waals surface area contributed by atoms with Crippen LogP contribution >= 0.6 is 0 Å². The largest absolute Gasteiger partial charge is 0.496 e. The van der Waals surface area contributed by atoms with Crippen LogP contribution in [0.25, 0.3) is 0 Å². The summed E-state index contributed by atoms with van der Waals surface area (Å²) in [4.78, 5) is 0. The van der Waals surface area contributed by atoms with Crippen LogP contribution in [0.5, 0.6) is 5.75 Å². The average molecular weight is 273 g/mol. The molecule has 0 radical (unpaired) electrons. The smallest absolute Gasteiger partial charge is 0.122 e. The number of nitrogens with zero attached hydrogens (tertiary/aromatic N) is 2. The van der Waals surface area contributed by atoms with Crippen molar-refractivity contribution in [1.82, 2.24) is 9.78 Å². The SMILES string of the molecule is COc1ccccc1CC(N)Cc1c(C)nn(C)c1C. The highest BCUT2D eigenvalue weighted by Crippen LogP contribution is 2.21. The van der Waals surface area contributed by atoms with Gasteiger partial charge in [-0.15, -0.1) is 0 Å². The molecule has 0 spiro atoms. The van der Waals surface area contributed by atoms with Gasteiger partial charge in [-0.05, 0) is 43.9 Å². The van der Waals surface area contributed by atoms with E-state index in [1.54, 1.807) is 7.11 Å². The first kappa shape index (κ1) is 14.6. The van der Waals surface area contributed by atoms with Gasteiger partial charge in [-0.25, -0.2) is 0 Å². The molecule has 1 aromatic carbocycles. The lowest BCUT2D eigenvalue weighted by atomic mass is 9.98. The number of hydrogen-bond acceptors (Lipinski definition) is 3. The zero-order valence-electron chi connectivity index (χ0n) is 12.7. The molecule has 0 bridgehead atoms. The number of benzene rings is 1. The van der Waals surface area contributed by atoms with Crippen LogP contribution in [0.3, 0.4) is 0 Å². The van der Waals surface area contributed by atoms with Gasteiger partial charge in [0, 0.05) is 18.8 Å². The summed E-state index contributed by atoms with van der Waals surface area (Å²) in [6.07, 6.45) is 1.64. The van der Waals surface area contributed by atoms with Crippen LogP contribution in [-0.4, -0.2) is 22.9 Å². The first-order valence-electron chi connectivity index (χ1n) is 6.89. The van der Waals surface area contributed by atoms with E-state index in [-0.39, 0.29) is 6.04 Å². The highest BCUT2D eigenvalue weighted by Gasteiger charge is 2.15. The minimum atomic E-state index is 0.0629. The van der Waals surface area contributed by atoms with Gasteiger partial charge in [0.05, 0.1) is 12.8 Å². The Balaban J connectivity index is 2.11. The average Bonchev–Trinajstić information content (AvgIpc) is 2.66. The second-order valence-electron chi connectivity index (χ2n) is 5.25. The van der Waals surface area contributed by atoms with Gasteiger partial charge in [0.15, 0.2) is 0 Å². The molecule has 2 aromatic rings. The first-order chi connectivity index (χ1) is 9.52. The van der Waals surface area contributed by atoms with Crippen molar-refractivity contribution in [3.05, 3.63) is 46.8 Å². The van der Waals surface area contributed by atoms with Gasteiger partial charge in [-0.1, -0.05) is 18.2 Å². The molecule has 2 rings (SSSR count). The molecule has 1 aromatic heterocycles. The second kappa shape index (κ2) is 6.09. The van der Waals surface area contributed by atoms with Gasteiger partial charge in [0.25, 0.3) is 0 Å². The molecule has 1 unspecified atom stereocenters. The van der Waals surface area contributed by atoms with Crippen LogP contribution in [0.15, 0.2) is 24.3 Å². The van der Waals surface area contributed by atoms with Gasteiger partial charge in [0.2, 0.25) is 0 Å². The quantitative estimate of drug-likeness (QED) is 0.908. The van der Waals surface area contributed by atoms with Crippen molar-refractivity contribution >= 4 is 0 Å². The molecule has 1 atom stereocenters. The first-order valence-corrected chi connectivity index (χ1v) is 6.89. The number of aromatic nitrogens is 2. The minimum absolute atomic E-state index is 0.0629. The Morgan fingerprint density at radius 1 is 1.25 bits per heavy atom. The number of para-hydroxylation sites is 1. The second-order valence-corrected chi connectivity index (χ2v) is 5.25. The van der Waals surface area contributed by atoms with E-state index >= 15 is 0 Å². The molecule has 4 nitrogen and oxygen atoms in total. The van der Waals surface area contributed by atoms with Crippen LogP contribution in [-0.2, 0) is 19.9 Å². The van der Waals surface area contributed by atoms with Crippen molar-refractivity contribution in [3.8, 4) is 5.75 Å². The summed E-state index contributed by atoms with van der Waals surface area (Å²) in [5.74, 6) is 0.905. The van der Waals surface area contributed by atoms with E-state index in [2.05, 4.69) is 18.1 Å². The third-order valence-electron chi connectivity index (χ3n) is 3.80. The highest BCUT2D eigenvalue weighted by molar-refractivity contribution is 5.34. The Morgan fingerprint density at radius 2 is 1.95 bits per heavy atom. The van der Waals surface area contributed by atoms with Gasteiger partial charge in [-0.3, -0.25) is 4.68 Å². The summed E-state index contributed by atoms with van der Waals surface area (Å²) < 4.78 is 7.29. The number of nitrogens with two attached hydrogens (primary N) is 1. The molecule has 4 heteroatoms. The van der Waals surface area contributed by atoms with Crippen LogP contribution in [0, 0.1) is 13.8 Å². The molecule has 0 fully saturated rings. The molecule has 2 N–H and O–H groups in total. The molecule has 0 aliphatic rings. The zero-order valence-corrected chi connectivity index (χ0v) is 12.7. The van der Waals surface area contributed by atoms with Crippen molar-refractivity contribution in [2.45, 2.75) is 32.7 Å². The molecular weight excluding hydrogens is 250 g/mol. The Bertz CT molecular complexity index is 589. The van der Waals surface area contributed by atoms with Crippen molar-refractivity contribution in [2.24, 2.45) is 12.8 Å². The Labute approximate surface area is 120 Å². The van der Waals surface area contributed by atoms with Crippen LogP contribution in [0.2, 0.25) is 0 Å². The fourth-order valence-corrected chi connectivity index (χ4v) is 2.60. The Kier molecular flexibility index (Phi) is 4.45. The molecule has 0 amide bonds. The third kappa shape index (κ3) is 3.02. The number of methoxy groups -OCH3 is 1. The Hall–Kier alpha value is -1.81. The van der Waals surface area contributed by atoms with E-state index < -0.39 is 0 Å². The van der Waals surface area contributed by atoms with E-state index in [0.717, 1.165) is 29.8 Å². The standard InChI is InChI=1S/C16H23N3O/c1-11-15(12(2)19(3)18-11)10-14(17)9-13-7-5-6-8-16(13)20-4/h5-8,14H,9-10,17H2,1-4H3. The maximum absolute atomic E-state index is 6.32. The maximum atomic E-state index is 6.32. The fourth-order valence-electron chi connectivity index (χ4n) is 2.60. The summed E-state index contributed by atoms with van der Waals surface area (Å²) >= 11 is 0. The number of rotatable bonds is 5. The molecule has 0 aliphatic carbocycles. The number of aryl methyl sites for hydroxylation is 2. The summed E-state index contributed by atoms with van der Waals surface area (Å²) in [5.41, 5.74) is 11.0. The van der Waals surface area contributed by atoms with Crippen LogP contribution in [0.4, 0.5) is 0 Å². The lowest BCUT2D eigenvalue weighted by Crippen LogP contribution is -2.26. The number of ether oxygens (including phenoxy) is 1. The lowest BCUT2D eigenvalue weighted by Gasteiger charge is -2.14. The highest BCUT2D eigenvalue weighted by atomic mass is 16.5. The lowest BCUT2D eigenvalue weighted by molar-refractivity contribution is 0.407. The molecule has 20 heavy (non-hydrogen) atoms. The van der Waals surface area contributed by atoms with E-state index in [4.69, 9.17) is 10.5 Å². The normalized spacial score (nSPS) is 12.4. The third-order valence-corrected chi connectivity index (χ3v) is 3.80. The van der Waals surface area contributed by atoms with E-state index in [0.29, 0.717) is 0 Å². The van der Waals surface area contributed by atoms with Crippen molar-refractivity contribution in [3.63, 3.8) is 0 Å². The molecule has 108 valence electrons. The molecule has 0 saturated carbocycles. The molecule has 1 heterocycles. The molecular formula is C16H23N3O. The number of hydrogen-bond donors (Lipinski definition) is 1. The van der Waals surface area contributed by atoms with E-state index in [1.165, 1.54) is 11.3 Å². The van der Waals surface area contributed by atoms with Gasteiger partial charge >= 0.3 is 0 Å². The van der Waals surface area contributed by atoms with Crippen LogP contribution < -0.4 is 10.5 Å². The predicted octanol–water partition coefficient (Wildman–Crippen LogP) is 2.16. The molecule has 0 aliphatic heterocycles. The van der Waals surface area contributed by atoms with Crippen molar-refractivity contribution in [2.75, 3.05) is 7.11 Å². The summed E-state index contributed by atoms with van der Waals surface area (Å²) in [6.45, 7) is 4.13. The minimum Gasteiger partial charge on any atom is -0.496 e. The molecule has 0 saturated heterocycles. The summed E-state index contributed by atoms with van der Waals surface area (Å²) in [7, 11) is 3.66. The van der Waals surface area contributed by atoms with E-state index in [1.807, 2.05) is 36.9 Å². The zero-order chi connectivity index (χ0) is 14.7. The topological polar surface area (TPSA) is 53.1 Å².